The standard InChI is InChI=1S/C10H8F3N3O2S2/c1-5-2-6(11)4-7(3-5)20(17,18)16-10-15-14-9(19-10)8(12)13/h2-4,8H,1H3,(H,15,16). The van der Waals surface area contributed by atoms with Gasteiger partial charge in [-0.1, -0.05) is 11.3 Å². The van der Waals surface area contributed by atoms with Gasteiger partial charge in [0.15, 0.2) is 5.01 Å². The first kappa shape index (κ1) is 14.7. The summed E-state index contributed by atoms with van der Waals surface area (Å²) in [5, 5.41) is 5.54. The van der Waals surface area contributed by atoms with Gasteiger partial charge in [-0.05, 0) is 30.7 Å². The van der Waals surface area contributed by atoms with Gasteiger partial charge in [0.25, 0.3) is 16.4 Å². The quantitative estimate of drug-likeness (QED) is 0.939. The molecule has 0 aliphatic heterocycles. The fraction of sp³-hybridized carbons (Fsp3) is 0.200. The Morgan fingerprint density at radius 2 is 1.95 bits per heavy atom. The lowest BCUT2D eigenvalue weighted by Gasteiger charge is -2.05. The average Bonchev–Trinajstić information content (AvgIpc) is 2.75. The average molecular weight is 323 g/mol. The maximum absolute atomic E-state index is 13.2. The first-order chi connectivity index (χ1) is 9.28. The molecule has 2 rings (SSSR count). The van der Waals surface area contributed by atoms with E-state index in [1.165, 1.54) is 19.1 Å². The number of hydrogen-bond donors (Lipinski definition) is 1. The van der Waals surface area contributed by atoms with Crippen LogP contribution >= 0.6 is 11.3 Å². The molecule has 5 nitrogen and oxygen atoms in total. The van der Waals surface area contributed by atoms with Crippen LogP contribution in [0.1, 0.15) is 17.0 Å². The monoisotopic (exact) mass is 323 g/mol. The lowest BCUT2D eigenvalue weighted by molar-refractivity contribution is 0.150. The molecule has 1 heterocycles. The Bertz CT molecular complexity index is 711. The second-order valence-corrected chi connectivity index (χ2v) is 6.51. The number of benzene rings is 1. The third-order valence-corrected chi connectivity index (χ3v) is 4.47. The van der Waals surface area contributed by atoms with E-state index >= 15 is 0 Å². The van der Waals surface area contributed by atoms with Crippen molar-refractivity contribution in [3.63, 3.8) is 0 Å². The SMILES string of the molecule is Cc1cc(F)cc(S(=O)(=O)Nc2nnc(C(F)F)s2)c1. The van der Waals surface area contributed by atoms with E-state index in [1.807, 2.05) is 4.72 Å². The smallest absolute Gasteiger partial charge is 0.253 e. The van der Waals surface area contributed by atoms with E-state index in [0.717, 1.165) is 6.07 Å². The van der Waals surface area contributed by atoms with E-state index in [4.69, 9.17) is 0 Å². The molecule has 1 aromatic carbocycles. The van der Waals surface area contributed by atoms with Crippen molar-refractivity contribution in [2.45, 2.75) is 18.2 Å². The Balaban J connectivity index is 2.30. The normalized spacial score (nSPS) is 11.8. The Morgan fingerprint density at radius 3 is 2.50 bits per heavy atom. The molecule has 1 aromatic heterocycles. The summed E-state index contributed by atoms with van der Waals surface area (Å²) in [4.78, 5) is -0.316. The van der Waals surface area contributed by atoms with Gasteiger partial charge in [-0.3, -0.25) is 4.72 Å². The third kappa shape index (κ3) is 3.25. The molecular formula is C10H8F3N3O2S2. The van der Waals surface area contributed by atoms with Crippen molar-refractivity contribution in [1.82, 2.24) is 10.2 Å². The van der Waals surface area contributed by atoms with Crippen molar-refractivity contribution < 1.29 is 21.6 Å². The summed E-state index contributed by atoms with van der Waals surface area (Å²) in [6, 6.07) is 3.24. The number of nitrogens with zero attached hydrogens (tertiary/aromatic N) is 2. The highest BCUT2D eigenvalue weighted by atomic mass is 32.2. The second kappa shape index (κ2) is 5.37. The van der Waals surface area contributed by atoms with Crippen LogP contribution < -0.4 is 4.72 Å². The molecule has 0 aliphatic rings. The largest absolute Gasteiger partial charge is 0.291 e. The Labute approximate surface area is 116 Å². The molecule has 20 heavy (non-hydrogen) atoms. The van der Waals surface area contributed by atoms with Gasteiger partial charge < -0.3 is 0 Å². The Hall–Kier alpha value is -1.68. The predicted molar refractivity (Wildman–Crippen MR) is 66.8 cm³/mol. The van der Waals surface area contributed by atoms with Crippen LogP contribution in [0.15, 0.2) is 23.1 Å². The van der Waals surface area contributed by atoms with Crippen molar-refractivity contribution in [2.24, 2.45) is 0 Å². The molecule has 0 unspecified atom stereocenters. The van der Waals surface area contributed by atoms with Crippen LogP contribution in [-0.2, 0) is 10.0 Å². The van der Waals surface area contributed by atoms with Crippen molar-refractivity contribution in [1.29, 1.82) is 0 Å². The minimum Gasteiger partial charge on any atom is -0.253 e. The minimum atomic E-state index is -4.10. The maximum atomic E-state index is 13.2. The van der Waals surface area contributed by atoms with E-state index in [1.54, 1.807) is 0 Å². The number of aryl methyl sites for hydroxylation is 1. The van der Waals surface area contributed by atoms with E-state index in [0.29, 0.717) is 16.9 Å². The molecule has 0 saturated heterocycles. The predicted octanol–water partition coefficient (Wildman–Crippen LogP) is 2.72. The summed E-state index contributed by atoms with van der Waals surface area (Å²) in [6.07, 6.45) is -2.83. The number of halogens is 3. The zero-order valence-corrected chi connectivity index (χ0v) is 11.6. The molecule has 0 saturated carbocycles. The van der Waals surface area contributed by atoms with Crippen LogP contribution in [0.4, 0.5) is 18.3 Å². The van der Waals surface area contributed by atoms with E-state index in [-0.39, 0.29) is 10.0 Å². The molecule has 108 valence electrons. The van der Waals surface area contributed by atoms with E-state index in [9.17, 15) is 21.6 Å². The topological polar surface area (TPSA) is 72.0 Å². The van der Waals surface area contributed by atoms with Gasteiger partial charge in [0, 0.05) is 0 Å². The van der Waals surface area contributed by atoms with Crippen molar-refractivity contribution in [2.75, 3.05) is 4.72 Å². The lowest BCUT2D eigenvalue weighted by atomic mass is 10.2. The maximum Gasteiger partial charge on any atom is 0.291 e. The van der Waals surface area contributed by atoms with Crippen LogP contribution in [0.25, 0.3) is 0 Å². The minimum absolute atomic E-state index is 0.304. The number of nitrogens with one attached hydrogen (secondary N) is 1. The van der Waals surface area contributed by atoms with Crippen molar-refractivity contribution in [3.05, 3.63) is 34.6 Å². The number of anilines is 1. The fourth-order valence-electron chi connectivity index (χ4n) is 1.40. The Kier molecular flexibility index (Phi) is 3.95. The summed E-state index contributed by atoms with van der Waals surface area (Å²) in [5.74, 6) is -0.712. The zero-order chi connectivity index (χ0) is 14.9. The molecule has 0 spiro atoms. The molecule has 10 heteroatoms. The van der Waals surface area contributed by atoms with Gasteiger partial charge in [-0.2, -0.15) is 0 Å². The molecule has 0 radical (unpaired) electrons. The second-order valence-electron chi connectivity index (χ2n) is 3.82. The van der Waals surface area contributed by atoms with E-state index < -0.39 is 27.3 Å². The number of aromatic nitrogens is 2. The number of hydrogen-bond acceptors (Lipinski definition) is 5. The first-order valence-electron chi connectivity index (χ1n) is 5.19. The molecule has 0 amide bonds. The van der Waals surface area contributed by atoms with Crippen LogP contribution in [-0.4, -0.2) is 18.6 Å². The van der Waals surface area contributed by atoms with Gasteiger partial charge >= 0.3 is 0 Å². The Morgan fingerprint density at radius 1 is 1.25 bits per heavy atom. The number of alkyl halides is 2. The summed E-state index contributed by atoms with van der Waals surface area (Å²) in [7, 11) is -4.10. The molecule has 2 aromatic rings. The van der Waals surface area contributed by atoms with Crippen LogP contribution in [0.5, 0.6) is 0 Å². The molecule has 0 aliphatic carbocycles. The summed E-state index contributed by atoms with van der Waals surface area (Å²) in [5.41, 5.74) is 0.413. The summed E-state index contributed by atoms with van der Waals surface area (Å²) < 4.78 is 63.7. The van der Waals surface area contributed by atoms with Gasteiger partial charge in [0.1, 0.15) is 5.82 Å². The highest BCUT2D eigenvalue weighted by molar-refractivity contribution is 7.93. The zero-order valence-electron chi connectivity index (χ0n) is 9.97. The molecule has 1 N–H and O–H groups in total. The van der Waals surface area contributed by atoms with Gasteiger partial charge in [0.2, 0.25) is 5.13 Å². The lowest BCUT2D eigenvalue weighted by Crippen LogP contribution is -2.13. The summed E-state index contributed by atoms with van der Waals surface area (Å²) >= 11 is 0.415. The third-order valence-electron chi connectivity index (χ3n) is 2.17. The fourth-order valence-corrected chi connectivity index (χ4v) is 3.34. The van der Waals surface area contributed by atoms with Crippen molar-refractivity contribution >= 4 is 26.5 Å². The number of rotatable bonds is 4. The van der Waals surface area contributed by atoms with Crippen LogP contribution in [0, 0.1) is 12.7 Å². The highest BCUT2D eigenvalue weighted by Crippen LogP contribution is 2.27. The summed E-state index contributed by atoms with van der Waals surface area (Å²) in [6.45, 7) is 1.53. The molecule has 0 atom stereocenters. The van der Waals surface area contributed by atoms with E-state index in [2.05, 4.69) is 10.2 Å². The van der Waals surface area contributed by atoms with Crippen LogP contribution in [0.3, 0.4) is 0 Å². The molecule has 0 bridgehead atoms. The number of sulfonamides is 1. The van der Waals surface area contributed by atoms with Gasteiger partial charge in [-0.15, -0.1) is 10.2 Å². The van der Waals surface area contributed by atoms with Gasteiger partial charge in [0.05, 0.1) is 4.90 Å². The van der Waals surface area contributed by atoms with Gasteiger partial charge in [-0.25, -0.2) is 21.6 Å². The van der Waals surface area contributed by atoms with Crippen LogP contribution in [0.2, 0.25) is 0 Å². The molecular weight excluding hydrogens is 315 g/mol. The molecule has 0 fully saturated rings. The first-order valence-corrected chi connectivity index (χ1v) is 7.49. The van der Waals surface area contributed by atoms with Crippen molar-refractivity contribution in [3.8, 4) is 0 Å². The highest BCUT2D eigenvalue weighted by Gasteiger charge is 2.20.